The molecule has 0 radical (unpaired) electrons. The zero-order valence-electron chi connectivity index (χ0n) is 11.6. The predicted octanol–water partition coefficient (Wildman–Crippen LogP) is 4.07. The number of rotatable bonds is 4. The topological polar surface area (TPSA) is 37.8 Å². The van der Waals surface area contributed by atoms with Crippen LogP contribution in [-0.4, -0.2) is 22.3 Å². The van der Waals surface area contributed by atoms with Gasteiger partial charge >= 0.3 is 0 Å². The van der Waals surface area contributed by atoms with E-state index >= 15 is 0 Å². The molecule has 3 nitrogen and oxygen atoms in total. The zero-order valence-corrected chi connectivity index (χ0v) is 12.4. The van der Waals surface area contributed by atoms with Crippen LogP contribution >= 0.6 is 11.8 Å². The van der Waals surface area contributed by atoms with Gasteiger partial charge in [0.25, 0.3) is 0 Å². The average Bonchev–Trinajstić information content (AvgIpc) is 2.39. The minimum absolute atomic E-state index is 0.458. The van der Waals surface area contributed by atoms with Crippen molar-refractivity contribution >= 4 is 17.6 Å². The largest absolute Gasteiger partial charge is 0.373 e. The highest BCUT2D eigenvalue weighted by molar-refractivity contribution is 7.99. The minimum Gasteiger partial charge on any atom is -0.373 e. The number of hydrogen-bond donors (Lipinski definition) is 1. The van der Waals surface area contributed by atoms with Gasteiger partial charge in [0.1, 0.15) is 17.2 Å². The van der Waals surface area contributed by atoms with E-state index in [4.69, 9.17) is 0 Å². The number of anilines is 1. The molecule has 18 heavy (non-hydrogen) atoms. The van der Waals surface area contributed by atoms with Gasteiger partial charge in [-0.2, -0.15) is 0 Å². The van der Waals surface area contributed by atoms with Crippen LogP contribution in [0, 0.1) is 0 Å². The van der Waals surface area contributed by atoms with Gasteiger partial charge in [-0.1, -0.05) is 33.1 Å². The summed E-state index contributed by atoms with van der Waals surface area (Å²) >= 11 is 1.96. The van der Waals surface area contributed by atoms with E-state index in [1.54, 1.807) is 6.33 Å². The number of thioether (sulfide) groups is 1. The Bertz CT molecular complexity index is 387. The van der Waals surface area contributed by atoms with Gasteiger partial charge in [0.2, 0.25) is 0 Å². The Morgan fingerprint density at radius 3 is 2.56 bits per heavy atom. The second-order valence-corrected chi connectivity index (χ2v) is 6.51. The standard InChI is InChI=1S/C14H23N3S/c1-10(2)12-13(15-3)16-9-17-14(12)18-11-7-5-4-6-8-11/h9-11H,4-8H2,1-3H3,(H,15,16,17). The first kappa shape index (κ1) is 13.7. The van der Waals surface area contributed by atoms with E-state index in [0.717, 1.165) is 11.1 Å². The van der Waals surface area contributed by atoms with Crippen molar-refractivity contribution in [1.82, 2.24) is 9.97 Å². The third-order valence-corrected chi connectivity index (χ3v) is 4.85. The SMILES string of the molecule is CNc1ncnc(SC2CCCCC2)c1C(C)C. The van der Waals surface area contributed by atoms with Crippen molar-refractivity contribution in [3.05, 3.63) is 11.9 Å². The summed E-state index contributed by atoms with van der Waals surface area (Å²) in [5.74, 6) is 1.44. The molecule has 4 heteroatoms. The molecule has 1 N–H and O–H groups in total. The molecule has 1 heterocycles. The van der Waals surface area contributed by atoms with Crippen LogP contribution in [0.1, 0.15) is 57.4 Å². The summed E-state index contributed by atoms with van der Waals surface area (Å²) in [5, 5.41) is 5.11. The molecule has 1 aliphatic rings. The van der Waals surface area contributed by atoms with Gasteiger partial charge < -0.3 is 5.32 Å². The molecule has 0 unspecified atom stereocenters. The molecule has 2 rings (SSSR count). The van der Waals surface area contributed by atoms with Crippen LogP contribution in [0.5, 0.6) is 0 Å². The van der Waals surface area contributed by atoms with Crippen molar-refractivity contribution in [3.63, 3.8) is 0 Å². The first-order valence-electron chi connectivity index (χ1n) is 6.91. The molecule has 0 aromatic carbocycles. The molecule has 0 aliphatic heterocycles. The molecule has 1 aromatic rings. The molecule has 1 aliphatic carbocycles. The molecule has 0 amide bonds. The summed E-state index contributed by atoms with van der Waals surface area (Å²) in [6, 6.07) is 0. The van der Waals surface area contributed by atoms with E-state index in [-0.39, 0.29) is 0 Å². The Hall–Kier alpha value is -0.770. The van der Waals surface area contributed by atoms with Crippen LogP contribution < -0.4 is 5.32 Å². The van der Waals surface area contributed by atoms with E-state index in [1.165, 1.54) is 42.7 Å². The lowest BCUT2D eigenvalue weighted by molar-refractivity contribution is 0.515. The third-order valence-electron chi connectivity index (χ3n) is 3.49. The molecule has 0 bridgehead atoms. The molecule has 1 aromatic heterocycles. The maximum absolute atomic E-state index is 4.51. The molecule has 1 saturated carbocycles. The molecular formula is C14H23N3S. The highest BCUT2D eigenvalue weighted by Gasteiger charge is 2.20. The average molecular weight is 265 g/mol. The van der Waals surface area contributed by atoms with Crippen molar-refractivity contribution in [2.75, 3.05) is 12.4 Å². The maximum Gasteiger partial charge on any atom is 0.133 e. The summed E-state index contributed by atoms with van der Waals surface area (Å²) in [5.41, 5.74) is 1.27. The van der Waals surface area contributed by atoms with Crippen molar-refractivity contribution in [3.8, 4) is 0 Å². The third kappa shape index (κ3) is 3.16. The summed E-state index contributed by atoms with van der Waals surface area (Å²) in [4.78, 5) is 8.85. The van der Waals surface area contributed by atoms with Gasteiger partial charge in [-0.3, -0.25) is 0 Å². The van der Waals surface area contributed by atoms with Gasteiger partial charge in [0, 0.05) is 17.9 Å². The molecule has 0 atom stereocenters. The summed E-state index contributed by atoms with van der Waals surface area (Å²) in [6.07, 6.45) is 8.50. The van der Waals surface area contributed by atoms with E-state index < -0.39 is 0 Å². The number of nitrogens with one attached hydrogen (secondary N) is 1. The number of aromatic nitrogens is 2. The fraction of sp³-hybridized carbons (Fsp3) is 0.714. The van der Waals surface area contributed by atoms with Gasteiger partial charge in [-0.25, -0.2) is 9.97 Å². The van der Waals surface area contributed by atoms with Gasteiger partial charge in [0.15, 0.2) is 0 Å². The van der Waals surface area contributed by atoms with Crippen LogP contribution in [-0.2, 0) is 0 Å². The lowest BCUT2D eigenvalue weighted by atomic mass is 10.0. The van der Waals surface area contributed by atoms with E-state index in [2.05, 4.69) is 29.1 Å². The van der Waals surface area contributed by atoms with Crippen molar-refractivity contribution in [2.24, 2.45) is 0 Å². The maximum atomic E-state index is 4.51. The lowest BCUT2D eigenvalue weighted by Gasteiger charge is -2.23. The number of nitrogens with zero attached hydrogens (tertiary/aromatic N) is 2. The quantitative estimate of drug-likeness (QED) is 0.833. The predicted molar refractivity (Wildman–Crippen MR) is 78.4 cm³/mol. The molecular weight excluding hydrogens is 242 g/mol. The highest BCUT2D eigenvalue weighted by Crippen LogP contribution is 2.37. The monoisotopic (exact) mass is 265 g/mol. The second-order valence-electron chi connectivity index (χ2n) is 5.22. The summed E-state index contributed by atoms with van der Waals surface area (Å²) in [6.45, 7) is 4.43. The minimum atomic E-state index is 0.458. The highest BCUT2D eigenvalue weighted by atomic mass is 32.2. The Kier molecular flexibility index (Phi) is 4.87. The first-order chi connectivity index (χ1) is 8.72. The van der Waals surface area contributed by atoms with Gasteiger partial charge in [0.05, 0.1) is 0 Å². The molecule has 1 fully saturated rings. The normalized spacial score (nSPS) is 17.1. The van der Waals surface area contributed by atoms with Crippen molar-refractivity contribution in [2.45, 2.75) is 62.1 Å². The van der Waals surface area contributed by atoms with E-state index in [1.807, 2.05) is 18.8 Å². The Labute approximate surface area is 114 Å². The van der Waals surface area contributed by atoms with Crippen LogP contribution in [0.15, 0.2) is 11.4 Å². The summed E-state index contributed by atoms with van der Waals surface area (Å²) in [7, 11) is 1.93. The first-order valence-corrected chi connectivity index (χ1v) is 7.79. The summed E-state index contributed by atoms with van der Waals surface area (Å²) < 4.78 is 0. The zero-order chi connectivity index (χ0) is 13.0. The van der Waals surface area contributed by atoms with Crippen molar-refractivity contribution in [1.29, 1.82) is 0 Å². The molecule has 100 valence electrons. The van der Waals surface area contributed by atoms with Crippen LogP contribution in [0.25, 0.3) is 0 Å². The van der Waals surface area contributed by atoms with Gasteiger partial charge in [-0.05, 0) is 18.8 Å². The molecule has 0 saturated heterocycles. The Morgan fingerprint density at radius 1 is 1.22 bits per heavy atom. The smallest absolute Gasteiger partial charge is 0.133 e. The van der Waals surface area contributed by atoms with Crippen molar-refractivity contribution < 1.29 is 0 Å². The lowest BCUT2D eigenvalue weighted by Crippen LogP contribution is -2.10. The Balaban J connectivity index is 2.20. The number of hydrogen-bond acceptors (Lipinski definition) is 4. The second kappa shape index (κ2) is 6.41. The van der Waals surface area contributed by atoms with E-state index in [0.29, 0.717) is 5.92 Å². The van der Waals surface area contributed by atoms with Crippen LogP contribution in [0.2, 0.25) is 0 Å². The van der Waals surface area contributed by atoms with Crippen LogP contribution in [0.4, 0.5) is 5.82 Å². The fourth-order valence-corrected chi connectivity index (χ4v) is 3.99. The fourth-order valence-electron chi connectivity index (χ4n) is 2.53. The molecule has 0 spiro atoms. The van der Waals surface area contributed by atoms with Crippen LogP contribution in [0.3, 0.4) is 0 Å². The van der Waals surface area contributed by atoms with E-state index in [9.17, 15) is 0 Å². The Morgan fingerprint density at radius 2 is 1.94 bits per heavy atom. The van der Waals surface area contributed by atoms with Gasteiger partial charge in [-0.15, -0.1) is 11.8 Å².